The van der Waals surface area contributed by atoms with E-state index >= 15 is 0 Å². The van der Waals surface area contributed by atoms with Crippen LogP contribution >= 0.6 is 0 Å². The topological polar surface area (TPSA) is 90.0 Å². The van der Waals surface area contributed by atoms with Crippen LogP contribution in [0.3, 0.4) is 0 Å². The van der Waals surface area contributed by atoms with E-state index in [2.05, 4.69) is 0 Å². The van der Waals surface area contributed by atoms with E-state index in [0.717, 1.165) is 0 Å². The van der Waals surface area contributed by atoms with Gasteiger partial charge in [-0.15, -0.1) is 0 Å². The summed E-state index contributed by atoms with van der Waals surface area (Å²) in [6, 6.07) is 6.77. The molecule has 1 aromatic rings. The van der Waals surface area contributed by atoms with Gasteiger partial charge < -0.3 is 9.47 Å². The van der Waals surface area contributed by atoms with Gasteiger partial charge in [-0.05, 0) is 38.8 Å². The van der Waals surface area contributed by atoms with E-state index in [1.54, 1.807) is 38.1 Å². The van der Waals surface area contributed by atoms with E-state index in [-0.39, 0.29) is 25.0 Å². The molecule has 0 radical (unpaired) electrons. The molecular formula is C20H25NO6. The zero-order valence-electron chi connectivity index (χ0n) is 15.7. The van der Waals surface area contributed by atoms with Gasteiger partial charge in [0.05, 0.1) is 24.3 Å². The zero-order valence-corrected chi connectivity index (χ0v) is 15.7. The highest BCUT2D eigenvalue weighted by Gasteiger charge is 2.34. The van der Waals surface area contributed by atoms with Gasteiger partial charge in [0.25, 0.3) is 11.8 Å². The highest BCUT2D eigenvalue weighted by Crippen LogP contribution is 2.23. The molecule has 1 aliphatic rings. The second kappa shape index (κ2) is 9.85. The fraction of sp³-hybridized carbons (Fsp3) is 0.500. The molecule has 0 spiro atoms. The van der Waals surface area contributed by atoms with Crippen molar-refractivity contribution in [2.45, 2.75) is 39.5 Å². The number of ether oxygens (including phenoxy) is 2. The number of carbonyl (C=O) groups excluding carboxylic acids is 4. The number of esters is 2. The number of benzene rings is 1. The summed E-state index contributed by atoms with van der Waals surface area (Å²) >= 11 is 0. The molecule has 0 N–H and O–H groups in total. The molecule has 0 bridgehead atoms. The lowest BCUT2D eigenvalue weighted by molar-refractivity contribution is -0.161. The maximum absolute atomic E-state index is 12.3. The minimum Gasteiger partial charge on any atom is -0.465 e. The van der Waals surface area contributed by atoms with Crippen LogP contribution in [-0.2, 0) is 19.1 Å². The Bertz CT molecular complexity index is 661. The molecule has 7 heteroatoms. The molecule has 0 aromatic heterocycles. The Kier molecular flexibility index (Phi) is 7.52. The first-order valence-electron chi connectivity index (χ1n) is 9.29. The van der Waals surface area contributed by atoms with E-state index in [1.165, 1.54) is 4.90 Å². The van der Waals surface area contributed by atoms with Crippen LogP contribution in [0, 0.1) is 5.92 Å². The number of fused-ring (bicyclic) bond motifs is 1. The lowest BCUT2D eigenvalue weighted by atomic mass is 10.0. The number of amides is 2. The average Bonchev–Trinajstić information content (AvgIpc) is 2.90. The normalized spacial score (nSPS) is 13.1. The van der Waals surface area contributed by atoms with Gasteiger partial charge in [-0.2, -0.15) is 0 Å². The molecule has 0 saturated carbocycles. The highest BCUT2D eigenvalue weighted by molar-refractivity contribution is 6.21. The van der Waals surface area contributed by atoms with Crippen LogP contribution < -0.4 is 0 Å². The first-order valence-corrected chi connectivity index (χ1v) is 9.29. The fourth-order valence-corrected chi connectivity index (χ4v) is 3.06. The maximum atomic E-state index is 12.3. The van der Waals surface area contributed by atoms with Crippen LogP contribution in [0.25, 0.3) is 0 Å². The Balaban J connectivity index is 1.80. The van der Waals surface area contributed by atoms with E-state index in [1.807, 2.05) is 0 Å². The van der Waals surface area contributed by atoms with Crippen molar-refractivity contribution in [1.29, 1.82) is 0 Å². The molecule has 146 valence electrons. The van der Waals surface area contributed by atoms with Crippen LogP contribution in [0.5, 0.6) is 0 Å². The smallest absolute Gasteiger partial charge is 0.320 e. The fourth-order valence-electron chi connectivity index (χ4n) is 3.06. The monoisotopic (exact) mass is 375 g/mol. The minimum absolute atomic E-state index is 0.203. The Morgan fingerprint density at radius 1 is 0.889 bits per heavy atom. The molecular weight excluding hydrogens is 350 g/mol. The molecule has 1 aliphatic heterocycles. The van der Waals surface area contributed by atoms with E-state index < -0.39 is 17.9 Å². The summed E-state index contributed by atoms with van der Waals surface area (Å²) in [4.78, 5) is 49.7. The largest absolute Gasteiger partial charge is 0.465 e. The van der Waals surface area contributed by atoms with Crippen molar-refractivity contribution in [3.63, 3.8) is 0 Å². The van der Waals surface area contributed by atoms with Gasteiger partial charge >= 0.3 is 11.9 Å². The van der Waals surface area contributed by atoms with Crippen molar-refractivity contribution in [3.8, 4) is 0 Å². The number of hydrogen-bond acceptors (Lipinski definition) is 6. The molecule has 0 saturated heterocycles. The third-order valence-corrected chi connectivity index (χ3v) is 4.39. The quantitative estimate of drug-likeness (QED) is 0.270. The summed E-state index contributed by atoms with van der Waals surface area (Å²) in [6.45, 7) is 4.09. The molecule has 0 unspecified atom stereocenters. The molecule has 1 aromatic carbocycles. The summed E-state index contributed by atoms with van der Waals surface area (Å²) in [5.41, 5.74) is 0.874. The molecule has 0 fully saturated rings. The second-order valence-electron chi connectivity index (χ2n) is 6.21. The number of unbranched alkanes of at least 4 members (excludes halogenated alkanes) is 2. The van der Waals surface area contributed by atoms with Gasteiger partial charge in [-0.1, -0.05) is 25.0 Å². The van der Waals surface area contributed by atoms with Gasteiger partial charge in [0.2, 0.25) is 0 Å². The van der Waals surface area contributed by atoms with Crippen LogP contribution in [0.1, 0.15) is 60.2 Å². The lowest BCUT2D eigenvalue weighted by Crippen LogP contribution is -2.31. The van der Waals surface area contributed by atoms with Crippen LogP contribution in [0.4, 0.5) is 0 Å². The first-order chi connectivity index (χ1) is 13.0. The molecule has 0 atom stereocenters. The van der Waals surface area contributed by atoms with Gasteiger partial charge in [-0.25, -0.2) is 0 Å². The van der Waals surface area contributed by atoms with Crippen molar-refractivity contribution in [1.82, 2.24) is 4.90 Å². The molecule has 2 rings (SSSR count). The summed E-state index contributed by atoms with van der Waals surface area (Å²) in [7, 11) is 0. The molecule has 2 amide bonds. The third-order valence-electron chi connectivity index (χ3n) is 4.39. The number of hydrogen-bond donors (Lipinski definition) is 0. The maximum Gasteiger partial charge on any atom is 0.320 e. The van der Waals surface area contributed by atoms with Crippen LogP contribution in [-0.4, -0.2) is 48.4 Å². The van der Waals surface area contributed by atoms with Crippen molar-refractivity contribution in [2.24, 2.45) is 5.92 Å². The van der Waals surface area contributed by atoms with E-state index in [4.69, 9.17) is 9.47 Å². The summed E-state index contributed by atoms with van der Waals surface area (Å²) in [5, 5.41) is 0. The summed E-state index contributed by atoms with van der Waals surface area (Å²) in [5.74, 6) is -2.62. The van der Waals surface area contributed by atoms with Crippen molar-refractivity contribution in [2.75, 3.05) is 19.8 Å². The van der Waals surface area contributed by atoms with Crippen molar-refractivity contribution >= 4 is 23.8 Å². The van der Waals surface area contributed by atoms with Crippen molar-refractivity contribution < 1.29 is 28.7 Å². The highest BCUT2D eigenvalue weighted by atomic mass is 16.6. The SMILES string of the molecule is CCOC(=O)C(CCCCCN1C(=O)c2ccccc2C1=O)C(=O)OCC. The number of nitrogens with zero attached hydrogens (tertiary/aromatic N) is 1. The summed E-state index contributed by atoms with van der Waals surface area (Å²) in [6.07, 6.45) is 2.18. The summed E-state index contributed by atoms with van der Waals surface area (Å²) < 4.78 is 9.87. The standard InChI is InChI=1S/C20H25NO6/c1-3-26-19(24)16(20(25)27-4-2)12-6-5-9-13-21-17(22)14-10-7-8-11-15(14)18(21)23/h7-8,10-11,16H,3-6,9,12-13H2,1-2H3. The Labute approximate surface area is 158 Å². The zero-order chi connectivity index (χ0) is 19.8. The molecule has 7 nitrogen and oxygen atoms in total. The number of rotatable bonds is 10. The number of imide groups is 1. The molecule has 0 aliphatic carbocycles. The van der Waals surface area contributed by atoms with Crippen LogP contribution in [0.15, 0.2) is 24.3 Å². The van der Waals surface area contributed by atoms with Crippen LogP contribution in [0.2, 0.25) is 0 Å². The molecule has 27 heavy (non-hydrogen) atoms. The Hall–Kier alpha value is -2.70. The second-order valence-corrected chi connectivity index (χ2v) is 6.21. The van der Waals surface area contributed by atoms with Gasteiger partial charge in [0, 0.05) is 6.54 Å². The Morgan fingerprint density at radius 3 is 1.89 bits per heavy atom. The van der Waals surface area contributed by atoms with Gasteiger partial charge in [0.1, 0.15) is 0 Å². The lowest BCUT2D eigenvalue weighted by Gasteiger charge is -2.15. The van der Waals surface area contributed by atoms with Gasteiger partial charge in [0.15, 0.2) is 5.92 Å². The van der Waals surface area contributed by atoms with E-state index in [9.17, 15) is 19.2 Å². The Morgan fingerprint density at radius 2 is 1.41 bits per heavy atom. The minimum atomic E-state index is -0.927. The number of carbonyl (C=O) groups is 4. The van der Waals surface area contributed by atoms with E-state index in [0.29, 0.717) is 43.4 Å². The molecule has 1 heterocycles. The predicted molar refractivity (Wildman–Crippen MR) is 97.0 cm³/mol. The first kappa shape index (κ1) is 20.6. The van der Waals surface area contributed by atoms with Gasteiger partial charge in [-0.3, -0.25) is 24.1 Å². The van der Waals surface area contributed by atoms with Crippen molar-refractivity contribution in [3.05, 3.63) is 35.4 Å². The predicted octanol–water partition coefficient (Wildman–Crippen LogP) is 2.59. The third kappa shape index (κ3) is 4.93. The average molecular weight is 375 g/mol.